The Hall–Kier alpha value is -1.30. The Balaban J connectivity index is 2.52. The molecule has 3 N–H and O–H groups in total. The van der Waals surface area contributed by atoms with Crippen molar-refractivity contribution in [3.63, 3.8) is 0 Å². The van der Waals surface area contributed by atoms with E-state index >= 15 is 0 Å². The Morgan fingerprint density at radius 3 is 2.58 bits per heavy atom. The first-order valence-corrected chi connectivity index (χ1v) is 6.15. The molecule has 19 heavy (non-hydrogen) atoms. The first-order valence-electron chi connectivity index (χ1n) is 6.15. The van der Waals surface area contributed by atoms with Crippen molar-refractivity contribution in [2.24, 2.45) is 5.73 Å². The number of ether oxygens (including phenoxy) is 1. The molecule has 0 aliphatic carbocycles. The second kappa shape index (κ2) is 7.99. The lowest BCUT2D eigenvalue weighted by Gasteiger charge is -2.18. The molecule has 0 heterocycles. The van der Waals surface area contributed by atoms with Crippen molar-refractivity contribution in [1.29, 1.82) is 0 Å². The van der Waals surface area contributed by atoms with Gasteiger partial charge >= 0.3 is 0 Å². The molecule has 3 nitrogen and oxygen atoms in total. The minimum atomic E-state index is -0.592. The lowest BCUT2D eigenvalue weighted by Crippen LogP contribution is -2.32. The lowest BCUT2D eigenvalue weighted by atomic mass is 10.1. The van der Waals surface area contributed by atoms with Gasteiger partial charge in [-0.3, -0.25) is 0 Å². The van der Waals surface area contributed by atoms with E-state index in [1.165, 1.54) is 18.2 Å². The van der Waals surface area contributed by atoms with Crippen LogP contribution in [0.5, 0.6) is 0 Å². The molecule has 0 saturated heterocycles. The molecule has 5 heteroatoms. The third-order valence-electron chi connectivity index (χ3n) is 2.57. The van der Waals surface area contributed by atoms with Crippen LogP contribution in [0.4, 0.5) is 8.78 Å². The normalized spacial score (nSPS) is 12.4. The zero-order valence-corrected chi connectivity index (χ0v) is 11.1. The Morgan fingerprint density at radius 2 is 2.05 bits per heavy atom. The molecule has 1 atom stereocenters. The van der Waals surface area contributed by atoms with Crippen molar-refractivity contribution in [2.75, 3.05) is 26.3 Å². The van der Waals surface area contributed by atoms with E-state index in [1.807, 2.05) is 6.92 Å². The van der Waals surface area contributed by atoms with E-state index in [9.17, 15) is 8.78 Å². The third kappa shape index (κ3) is 5.06. The number of rotatable bonds is 8. The molecule has 0 fully saturated rings. The van der Waals surface area contributed by atoms with Gasteiger partial charge in [-0.25, -0.2) is 8.78 Å². The molecule has 0 aliphatic heterocycles. The molecule has 0 bridgehead atoms. The van der Waals surface area contributed by atoms with Crippen LogP contribution in [-0.4, -0.2) is 26.3 Å². The molecule has 1 unspecified atom stereocenters. The molecule has 0 aromatic heterocycles. The minimum Gasteiger partial charge on any atom is -0.376 e. The van der Waals surface area contributed by atoms with E-state index in [-0.39, 0.29) is 12.1 Å². The fourth-order valence-corrected chi connectivity index (χ4v) is 1.70. The quantitative estimate of drug-likeness (QED) is 0.562. The van der Waals surface area contributed by atoms with Crippen LogP contribution < -0.4 is 11.1 Å². The second-order valence-electron chi connectivity index (χ2n) is 4.39. The molecule has 1 rings (SSSR count). The SMILES string of the molecule is C=C(C)COCCNC(CN)c1c(F)cccc1F. The molecular formula is C14H20F2N2O. The Labute approximate surface area is 112 Å². The van der Waals surface area contributed by atoms with Crippen LogP contribution in [-0.2, 0) is 4.74 Å². The molecule has 0 spiro atoms. The monoisotopic (exact) mass is 270 g/mol. The summed E-state index contributed by atoms with van der Waals surface area (Å²) in [7, 11) is 0. The van der Waals surface area contributed by atoms with Gasteiger partial charge in [0.2, 0.25) is 0 Å². The topological polar surface area (TPSA) is 47.3 Å². The van der Waals surface area contributed by atoms with Crippen LogP contribution in [0.2, 0.25) is 0 Å². The van der Waals surface area contributed by atoms with Gasteiger partial charge < -0.3 is 15.8 Å². The highest BCUT2D eigenvalue weighted by Gasteiger charge is 2.17. The van der Waals surface area contributed by atoms with Gasteiger partial charge in [0.1, 0.15) is 11.6 Å². The summed E-state index contributed by atoms with van der Waals surface area (Å²) in [6, 6.07) is 3.22. The van der Waals surface area contributed by atoms with Crippen LogP contribution >= 0.6 is 0 Å². The molecule has 1 aromatic rings. The highest BCUT2D eigenvalue weighted by Crippen LogP contribution is 2.19. The fraction of sp³-hybridized carbons (Fsp3) is 0.429. The fourth-order valence-electron chi connectivity index (χ4n) is 1.70. The van der Waals surface area contributed by atoms with Crippen LogP contribution in [0.1, 0.15) is 18.5 Å². The van der Waals surface area contributed by atoms with E-state index in [4.69, 9.17) is 10.5 Å². The maximum Gasteiger partial charge on any atom is 0.130 e. The van der Waals surface area contributed by atoms with Gasteiger partial charge in [-0.1, -0.05) is 18.2 Å². The van der Waals surface area contributed by atoms with Crippen LogP contribution in [0.15, 0.2) is 30.4 Å². The van der Waals surface area contributed by atoms with E-state index in [0.29, 0.717) is 19.8 Å². The first kappa shape index (κ1) is 15.8. The Kier molecular flexibility index (Phi) is 6.62. The molecule has 0 radical (unpaired) electrons. The third-order valence-corrected chi connectivity index (χ3v) is 2.57. The summed E-state index contributed by atoms with van der Waals surface area (Å²) in [5.41, 5.74) is 6.46. The van der Waals surface area contributed by atoms with Crippen molar-refractivity contribution < 1.29 is 13.5 Å². The molecule has 0 aliphatic rings. The second-order valence-corrected chi connectivity index (χ2v) is 4.39. The standard InChI is InChI=1S/C14H20F2N2O/c1-10(2)9-19-7-6-18-13(8-17)14-11(15)4-3-5-12(14)16/h3-5,13,18H,1,6-9,17H2,2H3. The number of hydrogen-bond acceptors (Lipinski definition) is 3. The zero-order valence-electron chi connectivity index (χ0n) is 11.1. The summed E-state index contributed by atoms with van der Waals surface area (Å²) in [5.74, 6) is -1.18. The van der Waals surface area contributed by atoms with Gasteiger partial charge in [-0.05, 0) is 19.1 Å². The maximum atomic E-state index is 13.6. The zero-order chi connectivity index (χ0) is 14.3. The average molecular weight is 270 g/mol. The summed E-state index contributed by atoms with van der Waals surface area (Å²) in [4.78, 5) is 0. The average Bonchev–Trinajstić information content (AvgIpc) is 2.35. The lowest BCUT2D eigenvalue weighted by molar-refractivity contribution is 0.155. The van der Waals surface area contributed by atoms with Crippen molar-refractivity contribution in [3.8, 4) is 0 Å². The van der Waals surface area contributed by atoms with E-state index in [2.05, 4.69) is 11.9 Å². The Bertz CT molecular complexity index is 404. The summed E-state index contributed by atoms with van der Waals surface area (Å²) in [6.45, 7) is 7.05. The summed E-state index contributed by atoms with van der Waals surface area (Å²) >= 11 is 0. The van der Waals surface area contributed by atoms with Gasteiger partial charge in [0, 0.05) is 18.7 Å². The van der Waals surface area contributed by atoms with Crippen molar-refractivity contribution in [1.82, 2.24) is 5.32 Å². The minimum absolute atomic E-state index is 0.0232. The van der Waals surface area contributed by atoms with Crippen molar-refractivity contribution >= 4 is 0 Å². The summed E-state index contributed by atoms with van der Waals surface area (Å²) in [6.07, 6.45) is 0. The molecule has 0 saturated carbocycles. The van der Waals surface area contributed by atoms with Gasteiger partial charge in [0.05, 0.1) is 19.3 Å². The van der Waals surface area contributed by atoms with Crippen molar-refractivity contribution in [3.05, 3.63) is 47.5 Å². The number of nitrogens with one attached hydrogen (secondary N) is 1. The Morgan fingerprint density at radius 1 is 1.42 bits per heavy atom. The smallest absolute Gasteiger partial charge is 0.130 e. The molecule has 1 aromatic carbocycles. The predicted octanol–water partition coefficient (Wildman–Crippen LogP) is 2.15. The largest absolute Gasteiger partial charge is 0.376 e. The van der Waals surface area contributed by atoms with Crippen LogP contribution in [0, 0.1) is 11.6 Å². The number of nitrogens with two attached hydrogens (primary N) is 1. The number of halogens is 2. The van der Waals surface area contributed by atoms with Gasteiger partial charge in [-0.2, -0.15) is 0 Å². The maximum absolute atomic E-state index is 13.6. The number of hydrogen-bond donors (Lipinski definition) is 2. The molecular weight excluding hydrogens is 250 g/mol. The summed E-state index contributed by atoms with van der Waals surface area (Å²) in [5, 5.41) is 2.98. The van der Waals surface area contributed by atoms with E-state index in [0.717, 1.165) is 5.57 Å². The van der Waals surface area contributed by atoms with Gasteiger partial charge in [0.25, 0.3) is 0 Å². The molecule has 0 amide bonds. The summed E-state index contributed by atoms with van der Waals surface area (Å²) < 4.78 is 32.5. The van der Waals surface area contributed by atoms with Crippen molar-refractivity contribution in [2.45, 2.75) is 13.0 Å². The predicted molar refractivity (Wildman–Crippen MR) is 71.8 cm³/mol. The van der Waals surface area contributed by atoms with E-state index < -0.39 is 17.7 Å². The highest BCUT2D eigenvalue weighted by molar-refractivity contribution is 5.23. The van der Waals surface area contributed by atoms with Gasteiger partial charge in [0.15, 0.2) is 0 Å². The highest BCUT2D eigenvalue weighted by atomic mass is 19.1. The van der Waals surface area contributed by atoms with Crippen LogP contribution in [0.3, 0.4) is 0 Å². The van der Waals surface area contributed by atoms with E-state index in [1.54, 1.807) is 0 Å². The molecule has 106 valence electrons. The number of benzene rings is 1. The first-order chi connectivity index (χ1) is 9.06. The van der Waals surface area contributed by atoms with Gasteiger partial charge in [-0.15, -0.1) is 0 Å². The van der Waals surface area contributed by atoms with Crippen LogP contribution in [0.25, 0.3) is 0 Å².